The van der Waals surface area contributed by atoms with E-state index in [1.54, 1.807) is 33.8 Å². The first kappa shape index (κ1) is 35.9. The molecule has 2 aromatic carbocycles. The number of esters is 1. The Balaban J connectivity index is 1.41. The number of alkyl halides is 2. The predicted molar refractivity (Wildman–Crippen MR) is 184 cm³/mol. The van der Waals surface area contributed by atoms with Gasteiger partial charge in [0.1, 0.15) is 17.8 Å². The fraction of sp³-hybridized carbons (Fsp3) is 0.474. The molecule has 11 nitrogen and oxygen atoms in total. The number of carbonyl (C=O) groups excluding carboxylic acids is 4. The molecule has 0 spiro atoms. The van der Waals surface area contributed by atoms with E-state index in [4.69, 9.17) is 24.2 Å². The zero-order valence-electron chi connectivity index (χ0n) is 29.1. The Kier molecular flexibility index (Phi) is 10.1. The summed E-state index contributed by atoms with van der Waals surface area (Å²) >= 11 is 0. The molecule has 0 radical (unpaired) electrons. The summed E-state index contributed by atoms with van der Waals surface area (Å²) in [6.45, 7) is 6.81. The van der Waals surface area contributed by atoms with Gasteiger partial charge in [-0.25, -0.2) is 23.5 Å². The van der Waals surface area contributed by atoms with Crippen LogP contribution in [0.2, 0.25) is 0 Å². The van der Waals surface area contributed by atoms with Crippen molar-refractivity contribution in [2.45, 2.75) is 78.0 Å². The molecular formula is C38H42F2N4O7. The number of Topliss-reactive ketones (excluding diaryl/α,β-unsaturated/α-hetero) is 1. The molecule has 270 valence electrons. The van der Waals surface area contributed by atoms with E-state index in [1.165, 1.54) is 4.90 Å². The van der Waals surface area contributed by atoms with Crippen LogP contribution in [0.25, 0.3) is 28.4 Å². The first-order chi connectivity index (χ1) is 24.3. The van der Waals surface area contributed by atoms with Crippen LogP contribution < -0.4 is 10.1 Å². The van der Waals surface area contributed by atoms with Gasteiger partial charge in [-0.15, -0.1) is 0 Å². The van der Waals surface area contributed by atoms with E-state index in [-0.39, 0.29) is 38.5 Å². The maximum atomic E-state index is 14.4. The molecule has 1 aromatic heterocycles. The lowest BCUT2D eigenvalue weighted by Crippen LogP contribution is -2.57. The van der Waals surface area contributed by atoms with Crippen molar-refractivity contribution in [1.82, 2.24) is 20.2 Å². The monoisotopic (exact) mass is 704 g/mol. The number of hydrogen-bond donors (Lipinski definition) is 1. The third-order valence-electron chi connectivity index (χ3n) is 9.71. The molecule has 1 saturated heterocycles. The summed E-state index contributed by atoms with van der Waals surface area (Å²) in [5, 5.41) is 2.69. The number of nitrogens with zero attached hydrogens (tertiary/aromatic N) is 3. The van der Waals surface area contributed by atoms with Gasteiger partial charge in [-0.3, -0.25) is 14.4 Å². The van der Waals surface area contributed by atoms with E-state index in [2.05, 4.69) is 5.32 Å². The molecule has 1 aliphatic carbocycles. The highest BCUT2D eigenvalue weighted by molar-refractivity contribution is 5.96. The average Bonchev–Trinajstić information content (AvgIpc) is 3.68. The fourth-order valence-corrected chi connectivity index (χ4v) is 6.92. The molecule has 2 amide bonds. The number of nitrogens with one attached hydrogen (secondary N) is 1. The lowest BCUT2D eigenvalue weighted by atomic mass is 9.85. The number of halogens is 2. The Morgan fingerprint density at radius 1 is 1.10 bits per heavy atom. The van der Waals surface area contributed by atoms with Gasteiger partial charge in [-0.2, -0.15) is 0 Å². The highest BCUT2D eigenvalue weighted by Gasteiger charge is 2.66. The Bertz CT molecular complexity index is 1860. The molecule has 2 fully saturated rings. The highest BCUT2D eigenvalue weighted by atomic mass is 19.3. The molecule has 3 aromatic rings. The summed E-state index contributed by atoms with van der Waals surface area (Å²) in [6, 6.07) is 12.6. The number of ether oxygens (including phenoxy) is 3. The van der Waals surface area contributed by atoms with Crippen LogP contribution in [-0.4, -0.2) is 83.0 Å². The van der Waals surface area contributed by atoms with Gasteiger partial charge in [-0.1, -0.05) is 63.3 Å². The Morgan fingerprint density at radius 2 is 1.84 bits per heavy atom. The minimum absolute atomic E-state index is 0.0130. The Hall–Kier alpha value is -4.94. The molecule has 4 bridgehead atoms. The van der Waals surface area contributed by atoms with Crippen LogP contribution in [0.3, 0.4) is 0 Å². The molecule has 13 heteroatoms. The van der Waals surface area contributed by atoms with Gasteiger partial charge in [0.15, 0.2) is 5.78 Å². The number of amides is 2. The zero-order chi connectivity index (χ0) is 36.5. The largest absolute Gasteiger partial charge is 0.471 e. The molecular weight excluding hydrogens is 662 g/mol. The quantitative estimate of drug-likeness (QED) is 0.307. The summed E-state index contributed by atoms with van der Waals surface area (Å²) in [5.41, 5.74) is 0.758. The smallest absolute Gasteiger partial charge is 0.407 e. The summed E-state index contributed by atoms with van der Waals surface area (Å²) in [7, 11) is 0. The lowest BCUT2D eigenvalue weighted by Gasteiger charge is -2.35. The number of hydrogen-bond acceptors (Lipinski definition) is 9. The van der Waals surface area contributed by atoms with Crippen molar-refractivity contribution in [3.63, 3.8) is 0 Å². The zero-order valence-corrected chi connectivity index (χ0v) is 29.1. The molecule has 51 heavy (non-hydrogen) atoms. The standard InChI is InChI=1S/C38H42F2N4O7/c1-5-49-35(47)38(19-25(38)32(39)40)20-29(45)28-18-24-21-44(28)34(46)31(37(2,3)4)43-36(48)50-16-9-8-11-22-12-10-13-23(17-22)30-33(51-24)42-27-15-7-6-14-26(27)41-30/h6-8,10-15,17,24-25,28,31-32H,5,9,16,18-21H2,1-4H3,(H,43,48)/b11-8+/t24-,25+,28+,31-,38-/m1/s1. The minimum Gasteiger partial charge on any atom is -0.471 e. The molecule has 5 atom stereocenters. The number of aromatic nitrogens is 2. The topological polar surface area (TPSA) is 137 Å². The Morgan fingerprint density at radius 3 is 2.53 bits per heavy atom. The molecule has 3 aliphatic rings. The van der Waals surface area contributed by atoms with E-state index >= 15 is 0 Å². The maximum Gasteiger partial charge on any atom is 0.407 e. The Labute approximate surface area is 294 Å². The SMILES string of the molecule is CCOC(=O)[C@@]1(CC(=O)[C@@H]2C[C@@H]3CN2C(=O)[C@H](C(C)(C)C)NC(=O)OCC/C=C/c2cccc(c2)-c2nc4ccccc4nc2O3)C[C@H]1C(F)F. The van der Waals surface area contributed by atoms with Gasteiger partial charge in [0.2, 0.25) is 18.2 Å². The van der Waals surface area contributed by atoms with Crippen LogP contribution in [0.5, 0.6) is 5.88 Å². The molecule has 2 aliphatic heterocycles. The second-order valence-electron chi connectivity index (χ2n) is 14.4. The number of benzene rings is 2. The van der Waals surface area contributed by atoms with Crippen LogP contribution in [0.4, 0.5) is 13.6 Å². The van der Waals surface area contributed by atoms with Crippen molar-refractivity contribution in [2.24, 2.45) is 16.7 Å². The van der Waals surface area contributed by atoms with Gasteiger partial charge in [0, 0.05) is 24.3 Å². The molecule has 3 heterocycles. The van der Waals surface area contributed by atoms with Gasteiger partial charge in [0.05, 0.1) is 42.2 Å². The van der Waals surface area contributed by atoms with E-state index in [9.17, 15) is 28.0 Å². The number of carbonyl (C=O) groups is 4. The predicted octanol–water partition coefficient (Wildman–Crippen LogP) is 6.00. The summed E-state index contributed by atoms with van der Waals surface area (Å²) in [4.78, 5) is 65.6. The van der Waals surface area contributed by atoms with Crippen molar-refractivity contribution in [3.05, 3.63) is 60.2 Å². The fourth-order valence-electron chi connectivity index (χ4n) is 6.92. The van der Waals surface area contributed by atoms with E-state index in [0.717, 1.165) is 11.1 Å². The normalized spacial score (nSPS) is 25.9. The summed E-state index contributed by atoms with van der Waals surface area (Å²) in [5.74, 6) is -3.14. The van der Waals surface area contributed by atoms with E-state index in [0.29, 0.717) is 23.1 Å². The number of fused-ring (bicyclic) bond motifs is 7. The molecule has 1 saturated carbocycles. The third kappa shape index (κ3) is 7.57. The number of alkyl carbamates (subject to hydrolysis) is 1. The third-order valence-corrected chi connectivity index (χ3v) is 9.71. The number of para-hydroxylation sites is 2. The van der Waals surface area contributed by atoms with Crippen molar-refractivity contribution >= 4 is 40.9 Å². The first-order valence-electron chi connectivity index (χ1n) is 17.2. The van der Waals surface area contributed by atoms with E-state index in [1.807, 2.05) is 54.6 Å². The number of rotatable bonds is 6. The van der Waals surface area contributed by atoms with Gasteiger partial charge in [-0.05, 0) is 48.9 Å². The van der Waals surface area contributed by atoms with Gasteiger partial charge >= 0.3 is 12.1 Å². The number of ketones is 1. The van der Waals surface area contributed by atoms with Gasteiger partial charge in [0.25, 0.3) is 0 Å². The molecule has 0 unspecified atom stereocenters. The van der Waals surface area contributed by atoms with Gasteiger partial charge < -0.3 is 24.4 Å². The van der Waals surface area contributed by atoms with Crippen LogP contribution in [0.1, 0.15) is 58.9 Å². The average molecular weight is 705 g/mol. The highest BCUT2D eigenvalue weighted by Crippen LogP contribution is 2.59. The van der Waals surface area contributed by atoms with Crippen LogP contribution >= 0.6 is 0 Å². The molecule has 6 rings (SSSR count). The van der Waals surface area contributed by atoms with E-state index < -0.39 is 71.5 Å². The van der Waals surface area contributed by atoms with Crippen LogP contribution in [-0.2, 0) is 23.9 Å². The van der Waals surface area contributed by atoms with Crippen molar-refractivity contribution < 1.29 is 42.2 Å². The molecule has 1 N–H and O–H groups in total. The first-order valence-corrected chi connectivity index (χ1v) is 17.2. The van der Waals surface area contributed by atoms with Crippen LogP contribution in [0, 0.1) is 16.7 Å². The summed E-state index contributed by atoms with van der Waals surface area (Å²) < 4.78 is 45.0. The van der Waals surface area contributed by atoms with Crippen LogP contribution in [0.15, 0.2) is 54.6 Å². The lowest BCUT2D eigenvalue weighted by molar-refractivity contribution is -0.154. The van der Waals surface area contributed by atoms with Crippen molar-refractivity contribution in [1.29, 1.82) is 0 Å². The minimum atomic E-state index is -2.82. The second kappa shape index (κ2) is 14.4. The maximum absolute atomic E-state index is 14.4. The summed E-state index contributed by atoms with van der Waals surface area (Å²) in [6.07, 6.45) is -0.972. The second-order valence-corrected chi connectivity index (χ2v) is 14.4. The van der Waals surface area contributed by atoms with Crippen molar-refractivity contribution in [3.8, 4) is 17.1 Å². The number of cyclic esters (lactones) is 1. The van der Waals surface area contributed by atoms with Crippen molar-refractivity contribution in [2.75, 3.05) is 19.8 Å².